The standard InChI is InChI=1S/C13H20N2O4S/c1-9(2)15-8-11(20(14,17)18)7-12(15)13(16)19-10-5-3-4-6-10/h7-10H,3-6H2,1-2H3,(H2,14,17,18). The van der Waals surface area contributed by atoms with Gasteiger partial charge in [0.25, 0.3) is 0 Å². The predicted molar refractivity (Wildman–Crippen MR) is 73.9 cm³/mol. The van der Waals surface area contributed by atoms with E-state index < -0.39 is 16.0 Å². The smallest absolute Gasteiger partial charge is 0.355 e. The summed E-state index contributed by atoms with van der Waals surface area (Å²) in [6.07, 6.45) is 5.19. The summed E-state index contributed by atoms with van der Waals surface area (Å²) in [7, 11) is -3.83. The average molecular weight is 300 g/mol. The number of carbonyl (C=O) groups is 1. The van der Waals surface area contributed by atoms with E-state index in [0.29, 0.717) is 0 Å². The molecule has 1 aromatic rings. The van der Waals surface area contributed by atoms with Crippen molar-refractivity contribution in [3.8, 4) is 0 Å². The number of nitrogens with two attached hydrogens (primary N) is 1. The van der Waals surface area contributed by atoms with Gasteiger partial charge in [0.1, 0.15) is 16.7 Å². The highest BCUT2D eigenvalue weighted by Gasteiger charge is 2.25. The Labute approximate surface area is 119 Å². The second kappa shape index (κ2) is 5.57. The summed E-state index contributed by atoms with van der Waals surface area (Å²) in [5, 5.41) is 5.11. The highest BCUT2D eigenvalue weighted by atomic mass is 32.2. The van der Waals surface area contributed by atoms with Gasteiger partial charge in [-0.1, -0.05) is 0 Å². The van der Waals surface area contributed by atoms with Crippen molar-refractivity contribution < 1.29 is 17.9 Å². The van der Waals surface area contributed by atoms with E-state index in [0.717, 1.165) is 25.7 Å². The molecule has 0 spiro atoms. The van der Waals surface area contributed by atoms with E-state index in [-0.39, 0.29) is 22.7 Å². The normalized spacial score (nSPS) is 16.8. The van der Waals surface area contributed by atoms with E-state index in [2.05, 4.69) is 0 Å². The maximum Gasteiger partial charge on any atom is 0.355 e. The monoisotopic (exact) mass is 300 g/mol. The van der Waals surface area contributed by atoms with Crippen molar-refractivity contribution in [1.82, 2.24) is 4.57 Å². The molecule has 1 aliphatic rings. The molecule has 2 rings (SSSR count). The van der Waals surface area contributed by atoms with Gasteiger partial charge >= 0.3 is 5.97 Å². The number of ether oxygens (including phenoxy) is 1. The van der Waals surface area contributed by atoms with Crippen molar-refractivity contribution >= 4 is 16.0 Å². The zero-order chi connectivity index (χ0) is 14.9. The van der Waals surface area contributed by atoms with Gasteiger partial charge in [-0.15, -0.1) is 0 Å². The molecule has 1 aromatic heterocycles. The van der Waals surface area contributed by atoms with Crippen LogP contribution in [0.15, 0.2) is 17.2 Å². The second-order valence-electron chi connectivity index (χ2n) is 5.42. The summed E-state index contributed by atoms with van der Waals surface area (Å²) >= 11 is 0. The molecule has 6 nitrogen and oxygen atoms in total. The van der Waals surface area contributed by atoms with Crippen LogP contribution < -0.4 is 5.14 Å². The quantitative estimate of drug-likeness (QED) is 0.858. The largest absolute Gasteiger partial charge is 0.458 e. The number of rotatable bonds is 4. The number of aromatic nitrogens is 1. The molecule has 0 aliphatic heterocycles. The van der Waals surface area contributed by atoms with Gasteiger partial charge in [-0.2, -0.15) is 0 Å². The molecule has 0 amide bonds. The molecule has 7 heteroatoms. The van der Waals surface area contributed by atoms with Crippen molar-refractivity contribution in [2.24, 2.45) is 5.14 Å². The lowest BCUT2D eigenvalue weighted by Gasteiger charge is -2.15. The Morgan fingerprint density at radius 3 is 2.50 bits per heavy atom. The van der Waals surface area contributed by atoms with E-state index in [1.165, 1.54) is 12.3 Å². The van der Waals surface area contributed by atoms with Crippen LogP contribution in [-0.2, 0) is 14.8 Å². The first-order valence-corrected chi connectivity index (χ1v) is 8.29. The Morgan fingerprint density at radius 2 is 2.00 bits per heavy atom. The summed E-state index contributed by atoms with van der Waals surface area (Å²) in [6, 6.07) is 1.23. The molecule has 0 atom stereocenters. The lowest BCUT2D eigenvalue weighted by molar-refractivity contribution is 0.0303. The van der Waals surface area contributed by atoms with Crippen LogP contribution in [0.5, 0.6) is 0 Å². The molecule has 2 N–H and O–H groups in total. The SMILES string of the molecule is CC(C)n1cc(S(N)(=O)=O)cc1C(=O)OC1CCCC1. The number of carbonyl (C=O) groups excluding carboxylic acids is 1. The highest BCUT2D eigenvalue weighted by Crippen LogP contribution is 2.24. The molecule has 20 heavy (non-hydrogen) atoms. The highest BCUT2D eigenvalue weighted by molar-refractivity contribution is 7.89. The van der Waals surface area contributed by atoms with Gasteiger partial charge in [-0.3, -0.25) is 0 Å². The van der Waals surface area contributed by atoms with E-state index in [9.17, 15) is 13.2 Å². The molecule has 0 bridgehead atoms. The van der Waals surface area contributed by atoms with Gasteiger partial charge < -0.3 is 9.30 Å². The Bertz CT molecular complexity index is 598. The molecule has 1 heterocycles. The summed E-state index contributed by atoms with van der Waals surface area (Å²) in [4.78, 5) is 12.1. The van der Waals surface area contributed by atoms with E-state index in [1.54, 1.807) is 4.57 Å². The van der Waals surface area contributed by atoms with Crippen LogP contribution in [0.25, 0.3) is 0 Å². The van der Waals surface area contributed by atoms with E-state index >= 15 is 0 Å². The third-order valence-electron chi connectivity index (χ3n) is 3.49. The Kier molecular flexibility index (Phi) is 4.19. The number of sulfonamides is 1. The molecule has 1 fully saturated rings. The minimum atomic E-state index is -3.83. The fourth-order valence-corrected chi connectivity index (χ4v) is 2.95. The van der Waals surface area contributed by atoms with E-state index in [1.807, 2.05) is 13.8 Å². The van der Waals surface area contributed by atoms with Crippen LogP contribution in [0.1, 0.15) is 56.1 Å². The zero-order valence-corrected chi connectivity index (χ0v) is 12.5. The molecule has 1 saturated carbocycles. The molecular weight excluding hydrogens is 280 g/mol. The minimum Gasteiger partial charge on any atom is -0.458 e. The fourth-order valence-electron chi connectivity index (χ4n) is 2.42. The van der Waals surface area contributed by atoms with Crippen LogP contribution in [0.2, 0.25) is 0 Å². The Hall–Kier alpha value is -1.34. The van der Waals surface area contributed by atoms with Gasteiger partial charge in [0, 0.05) is 12.2 Å². The van der Waals surface area contributed by atoms with Crippen LogP contribution in [0.3, 0.4) is 0 Å². The number of primary sulfonamides is 1. The number of hydrogen-bond donors (Lipinski definition) is 1. The number of hydrogen-bond acceptors (Lipinski definition) is 4. The topological polar surface area (TPSA) is 91.4 Å². The zero-order valence-electron chi connectivity index (χ0n) is 11.7. The van der Waals surface area contributed by atoms with Crippen LogP contribution in [-0.4, -0.2) is 25.1 Å². The van der Waals surface area contributed by atoms with Crippen molar-refractivity contribution in [2.75, 3.05) is 0 Å². The first-order chi connectivity index (χ1) is 9.29. The fraction of sp³-hybridized carbons (Fsp3) is 0.615. The third-order valence-corrected chi connectivity index (χ3v) is 4.37. The number of nitrogens with zero attached hydrogens (tertiary/aromatic N) is 1. The first kappa shape index (κ1) is 15.1. The van der Waals surface area contributed by atoms with E-state index in [4.69, 9.17) is 9.88 Å². The summed E-state index contributed by atoms with van der Waals surface area (Å²) in [5.41, 5.74) is 0.232. The molecular formula is C13H20N2O4S. The third kappa shape index (κ3) is 3.21. The van der Waals surface area contributed by atoms with Crippen molar-refractivity contribution in [1.29, 1.82) is 0 Å². The van der Waals surface area contributed by atoms with Gasteiger partial charge in [0.15, 0.2) is 0 Å². The average Bonchev–Trinajstić information content (AvgIpc) is 2.95. The Morgan fingerprint density at radius 1 is 1.40 bits per heavy atom. The van der Waals surface area contributed by atoms with Gasteiger partial charge in [0.2, 0.25) is 10.0 Å². The van der Waals surface area contributed by atoms with Crippen molar-refractivity contribution in [3.05, 3.63) is 18.0 Å². The van der Waals surface area contributed by atoms with Gasteiger partial charge in [0.05, 0.1) is 0 Å². The number of esters is 1. The van der Waals surface area contributed by atoms with Gasteiger partial charge in [-0.05, 0) is 45.6 Å². The summed E-state index contributed by atoms with van der Waals surface area (Å²) < 4.78 is 29.8. The van der Waals surface area contributed by atoms with Crippen LogP contribution in [0.4, 0.5) is 0 Å². The molecule has 112 valence electrons. The lowest BCUT2D eigenvalue weighted by Crippen LogP contribution is -2.18. The maximum absolute atomic E-state index is 12.2. The first-order valence-electron chi connectivity index (χ1n) is 6.74. The maximum atomic E-state index is 12.2. The second-order valence-corrected chi connectivity index (χ2v) is 6.98. The molecule has 0 saturated heterocycles. The summed E-state index contributed by atoms with van der Waals surface area (Å²) in [6.45, 7) is 3.72. The van der Waals surface area contributed by atoms with Crippen molar-refractivity contribution in [3.63, 3.8) is 0 Å². The lowest BCUT2D eigenvalue weighted by atomic mass is 10.3. The van der Waals surface area contributed by atoms with Crippen LogP contribution in [0, 0.1) is 0 Å². The Balaban J connectivity index is 2.29. The van der Waals surface area contributed by atoms with Crippen molar-refractivity contribution in [2.45, 2.75) is 56.6 Å². The molecule has 0 unspecified atom stereocenters. The minimum absolute atomic E-state index is 0.0587. The summed E-state index contributed by atoms with van der Waals surface area (Å²) in [5.74, 6) is -0.486. The van der Waals surface area contributed by atoms with Gasteiger partial charge in [-0.25, -0.2) is 18.4 Å². The molecule has 0 radical (unpaired) electrons. The van der Waals surface area contributed by atoms with Crippen LogP contribution >= 0.6 is 0 Å². The molecule has 1 aliphatic carbocycles. The predicted octanol–water partition coefficient (Wildman–Crippen LogP) is 1.82. The molecule has 0 aromatic carbocycles.